The lowest BCUT2D eigenvalue weighted by Gasteiger charge is -2.05. The first-order valence-electron chi connectivity index (χ1n) is 5.83. The highest BCUT2D eigenvalue weighted by Crippen LogP contribution is 2.30. The number of nitrogen functional groups attached to an aromatic ring is 1. The van der Waals surface area contributed by atoms with Crippen molar-refractivity contribution >= 4 is 29.2 Å². The lowest BCUT2D eigenvalue weighted by molar-refractivity contribution is 1.47. The highest BCUT2D eigenvalue weighted by Gasteiger charge is 1.99. The summed E-state index contributed by atoms with van der Waals surface area (Å²) in [4.78, 5) is 2.41. The number of hydrogen-bond acceptors (Lipinski definition) is 3. The Kier molecular flexibility index (Phi) is 7.46. The summed E-state index contributed by atoms with van der Waals surface area (Å²) in [6.07, 6.45) is 10.4. The van der Waals surface area contributed by atoms with E-state index in [4.69, 9.17) is 5.73 Å². The summed E-state index contributed by atoms with van der Waals surface area (Å²) < 4.78 is 0. The third-order valence-corrected chi connectivity index (χ3v) is 4.37. The zero-order valence-corrected chi connectivity index (χ0v) is 12.4. The van der Waals surface area contributed by atoms with Gasteiger partial charge in [-0.1, -0.05) is 36.4 Å². The Balaban J connectivity index is 2.51. The van der Waals surface area contributed by atoms with E-state index in [0.29, 0.717) is 0 Å². The van der Waals surface area contributed by atoms with Crippen LogP contribution in [0.5, 0.6) is 0 Å². The molecule has 96 valence electrons. The molecule has 0 spiro atoms. The van der Waals surface area contributed by atoms with Crippen molar-refractivity contribution < 1.29 is 0 Å². The molecule has 1 nitrogen and oxygen atoms in total. The fourth-order valence-electron chi connectivity index (χ4n) is 1.28. The van der Waals surface area contributed by atoms with Crippen molar-refractivity contribution in [2.75, 3.05) is 10.8 Å². The van der Waals surface area contributed by atoms with Crippen LogP contribution in [0.1, 0.15) is 13.8 Å². The summed E-state index contributed by atoms with van der Waals surface area (Å²) >= 11 is 3.59. The highest BCUT2D eigenvalue weighted by atomic mass is 32.2. The minimum Gasteiger partial charge on any atom is -0.398 e. The van der Waals surface area contributed by atoms with E-state index in [9.17, 15) is 0 Å². The standard InChI is InChI=1S/C15H19NS2/c1-3-5-9-13(8-4-2)17-12-18-15-11-7-6-10-14(15)16/h3-11H,12,16H2,1-2H3/b5-3+,8-4-,13-9+. The number of rotatable bonds is 6. The summed E-state index contributed by atoms with van der Waals surface area (Å²) in [6, 6.07) is 7.98. The second-order valence-corrected chi connectivity index (χ2v) is 5.97. The smallest absolute Gasteiger partial charge is 0.0487 e. The predicted octanol–water partition coefficient (Wildman–Crippen LogP) is 5.09. The van der Waals surface area contributed by atoms with Crippen LogP contribution in [-0.2, 0) is 0 Å². The third kappa shape index (κ3) is 5.52. The number of hydrogen-bond donors (Lipinski definition) is 1. The molecule has 1 rings (SSSR count). The maximum Gasteiger partial charge on any atom is 0.0487 e. The fourth-order valence-corrected chi connectivity index (χ4v) is 3.38. The summed E-state index contributed by atoms with van der Waals surface area (Å²) in [5.41, 5.74) is 6.76. The Morgan fingerprint density at radius 3 is 2.67 bits per heavy atom. The van der Waals surface area contributed by atoms with E-state index in [1.165, 1.54) is 4.91 Å². The monoisotopic (exact) mass is 277 g/mol. The Hall–Kier alpha value is -1.06. The number of thioether (sulfide) groups is 2. The summed E-state index contributed by atoms with van der Waals surface area (Å²) in [6.45, 7) is 4.06. The lowest BCUT2D eigenvalue weighted by Crippen LogP contribution is -1.87. The minimum absolute atomic E-state index is 0.855. The van der Waals surface area contributed by atoms with E-state index in [1.54, 1.807) is 11.8 Å². The molecule has 0 aliphatic rings. The molecule has 0 heterocycles. The molecule has 0 amide bonds. The van der Waals surface area contributed by atoms with Gasteiger partial charge in [-0.25, -0.2) is 0 Å². The van der Waals surface area contributed by atoms with Gasteiger partial charge in [0.15, 0.2) is 0 Å². The van der Waals surface area contributed by atoms with E-state index in [2.05, 4.69) is 30.4 Å². The second kappa shape index (κ2) is 8.95. The molecular formula is C15H19NS2. The van der Waals surface area contributed by atoms with Crippen molar-refractivity contribution in [1.29, 1.82) is 0 Å². The van der Waals surface area contributed by atoms with Crippen molar-refractivity contribution in [3.63, 3.8) is 0 Å². The van der Waals surface area contributed by atoms with Gasteiger partial charge in [0, 0.05) is 20.6 Å². The van der Waals surface area contributed by atoms with Gasteiger partial charge in [-0.2, -0.15) is 0 Å². The lowest BCUT2D eigenvalue weighted by atomic mass is 10.3. The van der Waals surface area contributed by atoms with Crippen LogP contribution in [0, 0.1) is 0 Å². The molecule has 1 aromatic rings. The predicted molar refractivity (Wildman–Crippen MR) is 86.9 cm³/mol. The van der Waals surface area contributed by atoms with Crippen LogP contribution in [0.25, 0.3) is 0 Å². The first-order chi connectivity index (χ1) is 8.77. The first kappa shape index (κ1) is 15.0. The Morgan fingerprint density at radius 1 is 1.22 bits per heavy atom. The maximum absolute atomic E-state index is 5.91. The van der Waals surface area contributed by atoms with E-state index >= 15 is 0 Å². The van der Waals surface area contributed by atoms with E-state index in [0.717, 1.165) is 15.7 Å². The SMILES string of the molecule is C\C=C/C(=C\C=C\C)SCSc1ccccc1N. The Labute approximate surface area is 118 Å². The molecule has 0 aromatic heterocycles. The van der Waals surface area contributed by atoms with Crippen molar-refractivity contribution in [2.24, 2.45) is 0 Å². The molecule has 0 radical (unpaired) electrons. The van der Waals surface area contributed by atoms with E-state index in [1.807, 2.05) is 49.9 Å². The van der Waals surface area contributed by atoms with Crippen LogP contribution in [-0.4, -0.2) is 5.08 Å². The van der Waals surface area contributed by atoms with E-state index in [-0.39, 0.29) is 0 Å². The zero-order valence-electron chi connectivity index (χ0n) is 10.8. The van der Waals surface area contributed by atoms with Crippen LogP contribution in [0.3, 0.4) is 0 Å². The van der Waals surface area contributed by atoms with Crippen molar-refractivity contribution in [3.05, 3.63) is 59.6 Å². The maximum atomic E-state index is 5.91. The van der Waals surface area contributed by atoms with Crippen molar-refractivity contribution in [2.45, 2.75) is 18.7 Å². The summed E-state index contributed by atoms with van der Waals surface area (Å²) in [5, 5.41) is 0.960. The molecule has 0 unspecified atom stereocenters. The summed E-state index contributed by atoms with van der Waals surface area (Å²) in [5.74, 6) is 0. The molecule has 0 aliphatic carbocycles. The van der Waals surface area contributed by atoms with Gasteiger partial charge in [0.05, 0.1) is 0 Å². The molecule has 3 heteroatoms. The van der Waals surface area contributed by atoms with Gasteiger partial charge < -0.3 is 5.73 Å². The van der Waals surface area contributed by atoms with Crippen molar-refractivity contribution in [3.8, 4) is 0 Å². The number of benzene rings is 1. The van der Waals surface area contributed by atoms with Crippen LogP contribution in [0.2, 0.25) is 0 Å². The molecule has 1 aromatic carbocycles. The van der Waals surface area contributed by atoms with Crippen LogP contribution < -0.4 is 5.73 Å². The summed E-state index contributed by atoms with van der Waals surface area (Å²) in [7, 11) is 0. The average molecular weight is 277 g/mol. The first-order valence-corrected chi connectivity index (χ1v) is 7.80. The Morgan fingerprint density at radius 2 is 2.00 bits per heavy atom. The van der Waals surface area contributed by atoms with Crippen LogP contribution in [0.4, 0.5) is 5.69 Å². The second-order valence-electron chi connectivity index (χ2n) is 3.54. The van der Waals surface area contributed by atoms with Gasteiger partial charge in [-0.05, 0) is 32.1 Å². The average Bonchev–Trinajstić information content (AvgIpc) is 2.38. The fraction of sp³-hybridized carbons (Fsp3) is 0.200. The largest absolute Gasteiger partial charge is 0.398 e. The molecule has 0 saturated carbocycles. The number of para-hydroxylation sites is 1. The number of nitrogens with two attached hydrogens (primary N) is 1. The number of allylic oxidation sites excluding steroid dienone is 5. The quantitative estimate of drug-likeness (QED) is 0.339. The molecule has 0 bridgehead atoms. The Bertz CT molecular complexity index is 448. The van der Waals surface area contributed by atoms with Crippen LogP contribution >= 0.6 is 23.5 Å². The molecule has 0 atom stereocenters. The highest BCUT2D eigenvalue weighted by molar-refractivity contribution is 8.17. The van der Waals surface area contributed by atoms with Gasteiger partial charge in [-0.15, -0.1) is 23.5 Å². The van der Waals surface area contributed by atoms with Gasteiger partial charge in [-0.3, -0.25) is 0 Å². The van der Waals surface area contributed by atoms with Gasteiger partial charge in [0.2, 0.25) is 0 Å². The molecule has 18 heavy (non-hydrogen) atoms. The van der Waals surface area contributed by atoms with Gasteiger partial charge >= 0.3 is 0 Å². The van der Waals surface area contributed by atoms with E-state index < -0.39 is 0 Å². The van der Waals surface area contributed by atoms with Crippen molar-refractivity contribution in [1.82, 2.24) is 0 Å². The topological polar surface area (TPSA) is 26.0 Å². The van der Waals surface area contributed by atoms with Crippen LogP contribution in [0.15, 0.2) is 64.4 Å². The van der Waals surface area contributed by atoms with Gasteiger partial charge in [0.1, 0.15) is 0 Å². The molecule has 0 aliphatic heterocycles. The van der Waals surface area contributed by atoms with Gasteiger partial charge in [0.25, 0.3) is 0 Å². The normalized spacial score (nSPS) is 12.7. The molecule has 0 saturated heterocycles. The zero-order chi connectivity index (χ0) is 13.2. The molecule has 0 fully saturated rings. The number of anilines is 1. The molecule has 2 N–H and O–H groups in total. The minimum atomic E-state index is 0.855. The third-order valence-electron chi connectivity index (χ3n) is 2.14. The molecular weight excluding hydrogens is 258 g/mol.